The third kappa shape index (κ3) is 2.99. The molecule has 0 aliphatic heterocycles. The number of halogens is 1. The average Bonchev–Trinajstić information content (AvgIpc) is 3.10. The fourth-order valence-corrected chi connectivity index (χ4v) is 1.93. The normalized spacial score (nSPS) is 11.4. The van der Waals surface area contributed by atoms with Crippen LogP contribution in [0.15, 0.2) is 30.5 Å². The van der Waals surface area contributed by atoms with Gasteiger partial charge < -0.3 is 4.98 Å². The zero-order chi connectivity index (χ0) is 15.5. The summed E-state index contributed by atoms with van der Waals surface area (Å²) in [7, 11) is 0. The van der Waals surface area contributed by atoms with Crippen molar-refractivity contribution in [2.75, 3.05) is 0 Å². The number of rotatable bonds is 4. The Morgan fingerprint density at radius 2 is 2.36 bits per heavy atom. The molecule has 0 aliphatic carbocycles. The minimum atomic E-state index is -0.658. The van der Waals surface area contributed by atoms with Gasteiger partial charge in [-0.3, -0.25) is 10.0 Å². The van der Waals surface area contributed by atoms with E-state index in [0.29, 0.717) is 29.1 Å². The zero-order valence-corrected chi connectivity index (χ0v) is 11.2. The molecule has 3 aromatic rings. The molecule has 22 heavy (non-hydrogen) atoms. The summed E-state index contributed by atoms with van der Waals surface area (Å²) < 4.78 is 14.6. The molecule has 0 fully saturated rings. The number of aromatic amines is 1. The number of hydrogen-bond donors (Lipinski definition) is 3. The Morgan fingerprint density at radius 3 is 3.18 bits per heavy atom. The number of fused-ring (bicyclic) bond motifs is 1. The molecular weight excluding hydrogens is 291 g/mol. The van der Waals surface area contributed by atoms with Crippen LogP contribution in [0.3, 0.4) is 0 Å². The second-order valence-electron chi connectivity index (χ2n) is 4.50. The number of H-pyrrole nitrogens is 1. The van der Waals surface area contributed by atoms with Crippen LogP contribution < -0.4 is 5.48 Å². The van der Waals surface area contributed by atoms with Gasteiger partial charge in [0, 0.05) is 6.08 Å². The number of imidazole rings is 1. The van der Waals surface area contributed by atoms with Crippen LogP contribution in [0.1, 0.15) is 11.5 Å². The Kier molecular flexibility index (Phi) is 3.62. The topological polar surface area (TPSA) is 109 Å². The maximum Gasteiger partial charge on any atom is 0.267 e. The Hall–Kier alpha value is -3.07. The number of benzene rings is 1. The van der Waals surface area contributed by atoms with E-state index in [2.05, 4.69) is 20.3 Å². The fraction of sp³-hybridized carbons (Fsp3) is 0.0769. The standard InChI is InChI=1S/C13H11FN6O2/c14-8-1-3-10-11(5-8)16-12(15-10)7-20-6-9(17-19-20)2-4-13(21)18-22/h1-6,22H,7H2,(H,15,16)(H,18,21). The Labute approximate surface area is 123 Å². The molecule has 1 aromatic carbocycles. The molecule has 2 aromatic heterocycles. The Morgan fingerprint density at radius 1 is 1.50 bits per heavy atom. The summed E-state index contributed by atoms with van der Waals surface area (Å²) in [5.74, 6) is -0.388. The highest BCUT2D eigenvalue weighted by Gasteiger charge is 2.06. The van der Waals surface area contributed by atoms with E-state index in [-0.39, 0.29) is 5.82 Å². The van der Waals surface area contributed by atoms with Crippen molar-refractivity contribution in [2.24, 2.45) is 0 Å². The van der Waals surface area contributed by atoms with Crippen molar-refractivity contribution in [2.45, 2.75) is 6.54 Å². The number of hydroxylamine groups is 1. The first-order valence-corrected chi connectivity index (χ1v) is 6.30. The quantitative estimate of drug-likeness (QED) is 0.376. The van der Waals surface area contributed by atoms with Crippen molar-refractivity contribution in [3.63, 3.8) is 0 Å². The van der Waals surface area contributed by atoms with Gasteiger partial charge in [-0.05, 0) is 24.3 Å². The molecule has 0 saturated heterocycles. The van der Waals surface area contributed by atoms with Crippen molar-refractivity contribution < 1.29 is 14.4 Å². The molecule has 1 amide bonds. The van der Waals surface area contributed by atoms with Crippen LogP contribution in [0.25, 0.3) is 17.1 Å². The molecule has 0 bridgehead atoms. The predicted octanol–water partition coefficient (Wildman–Crippen LogP) is 0.860. The fourth-order valence-electron chi connectivity index (χ4n) is 1.93. The number of carbonyl (C=O) groups excluding carboxylic acids is 1. The van der Waals surface area contributed by atoms with E-state index in [1.807, 2.05) is 0 Å². The number of hydrogen-bond acceptors (Lipinski definition) is 5. The van der Waals surface area contributed by atoms with Gasteiger partial charge in [0.1, 0.15) is 23.9 Å². The van der Waals surface area contributed by atoms with Crippen LogP contribution in [-0.4, -0.2) is 36.1 Å². The molecule has 9 heteroatoms. The molecule has 0 atom stereocenters. The molecule has 112 valence electrons. The third-order valence-corrected chi connectivity index (χ3v) is 2.88. The van der Waals surface area contributed by atoms with Crippen LogP contribution in [0.5, 0.6) is 0 Å². The first kappa shape index (κ1) is 13.9. The number of amides is 1. The van der Waals surface area contributed by atoms with Crippen LogP contribution in [0.4, 0.5) is 4.39 Å². The second-order valence-corrected chi connectivity index (χ2v) is 4.50. The lowest BCUT2D eigenvalue weighted by atomic mass is 10.3. The van der Waals surface area contributed by atoms with Gasteiger partial charge >= 0.3 is 0 Å². The molecule has 0 saturated carbocycles. The van der Waals surface area contributed by atoms with E-state index in [4.69, 9.17) is 5.21 Å². The van der Waals surface area contributed by atoms with Gasteiger partial charge in [0.05, 0.1) is 17.2 Å². The molecular formula is C13H11FN6O2. The predicted molar refractivity (Wildman–Crippen MR) is 74.1 cm³/mol. The van der Waals surface area contributed by atoms with E-state index >= 15 is 0 Å². The van der Waals surface area contributed by atoms with Crippen LogP contribution in [0.2, 0.25) is 0 Å². The summed E-state index contributed by atoms with van der Waals surface area (Å²) in [5, 5.41) is 16.1. The maximum atomic E-state index is 13.1. The second kappa shape index (κ2) is 5.74. The first-order chi connectivity index (χ1) is 10.6. The molecule has 8 nitrogen and oxygen atoms in total. The number of nitrogens with zero attached hydrogens (tertiary/aromatic N) is 4. The molecule has 0 radical (unpaired) electrons. The van der Waals surface area contributed by atoms with E-state index in [0.717, 1.165) is 6.08 Å². The SMILES string of the molecule is O=C(C=Cc1cn(Cc2nc3ccc(F)cc3[nH]2)nn1)NO. The van der Waals surface area contributed by atoms with Crippen molar-refractivity contribution in [3.05, 3.63) is 47.8 Å². The van der Waals surface area contributed by atoms with Gasteiger partial charge in [0.2, 0.25) is 0 Å². The van der Waals surface area contributed by atoms with Gasteiger partial charge in [0.15, 0.2) is 0 Å². The summed E-state index contributed by atoms with van der Waals surface area (Å²) in [6, 6.07) is 4.31. The van der Waals surface area contributed by atoms with Gasteiger partial charge in [-0.2, -0.15) is 0 Å². The van der Waals surface area contributed by atoms with Crippen LogP contribution in [0, 0.1) is 5.82 Å². The van der Waals surface area contributed by atoms with Gasteiger partial charge in [0.25, 0.3) is 5.91 Å². The molecule has 0 spiro atoms. The minimum absolute atomic E-state index is 0.323. The molecule has 0 aliphatic rings. The van der Waals surface area contributed by atoms with Crippen molar-refractivity contribution >= 4 is 23.0 Å². The Bertz CT molecular complexity index is 853. The Balaban J connectivity index is 1.76. The van der Waals surface area contributed by atoms with E-state index < -0.39 is 5.91 Å². The van der Waals surface area contributed by atoms with Crippen LogP contribution in [-0.2, 0) is 11.3 Å². The molecule has 2 heterocycles. The van der Waals surface area contributed by atoms with E-state index in [1.54, 1.807) is 12.3 Å². The molecule has 0 unspecified atom stereocenters. The van der Waals surface area contributed by atoms with Gasteiger partial charge in [-0.1, -0.05) is 5.21 Å². The third-order valence-electron chi connectivity index (χ3n) is 2.88. The summed E-state index contributed by atoms with van der Waals surface area (Å²) in [4.78, 5) is 18.2. The smallest absolute Gasteiger partial charge is 0.267 e. The van der Waals surface area contributed by atoms with Gasteiger partial charge in [-0.15, -0.1) is 5.10 Å². The van der Waals surface area contributed by atoms with E-state index in [9.17, 15) is 9.18 Å². The average molecular weight is 302 g/mol. The highest BCUT2D eigenvalue weighted by atomic mass is 19.1. The summed E-state index contributed by atoms with van der Waals surface area (Å²) in [6.45, 7) is 0.323. The highest BCUT2D eigenvalue weighted by Crippen LogP contribution is 2.13. The summed E-state index contributed by atoms with van der Waals surface area (Å²) in [6.07, 6.45) is 4.14. The molecule has 3 rings (SSSR count). The summed E-state index contributed by atoms with van der Waals surface area (Å²) >= 11 is 0. The zero-order valence-electron chi connectivity index (χ0n) is 11.2. The number of aromatic nitrogens is 5. The van der Waals surface area contributed by atoms with Crippen molar-refractivity contribution in [1.29, 1.82) is 0 Å². The largest absolute Gasteiger partial charge is 0.340 e. The molecule has 3 N–H and O–H groups in total. The maximum absolute atomic E-state index is 13.1. The first-order valence-electron chi connectivity index (χ1n) is 6.30. The monoisotopic (exact) mass is 302 g/mol. The lowest BCUT2D eigenvalue weighted by molar-refractivity contribution is -0.124. The van der Waals surface area contributed by atoms with Gasteiger partial charge in [-0.25, -0.2) is 19.5 Å². The van der Waals surface area contributed by atoms with E-state index in [1.165, 1.54) is 28.4 Å². The van der Waals surface area contributed by atoms with Crippen molar-refractivity contribution in [1.82, 2.24) is 30.4 Å². The van der Waals surface area contributed by atoms with Crippen LogP contribution >= 0.6 is 0 Å². The minimum Gasteiger partial charge on any atom is -0.340 e. The lowest BCUT2D eigenvalue weighted by Gasteiger charge is -1.94. The lowest BCUT2D eigenvalue weighted by Crippen LogP contribution is -2.14. The summed E-state index contributed by atoms with van der Waals surface area (Å²) in [5.41, 5.74) is 3.19. The number of nitrogens with one attached hydrogen (secondary N) is 2. The number of carbonyl (C=O) groups is 1. The highest BCUT2D eigenvalue weighted by molar-refractivity contribution is 5.90. The van der Waals surface area contributed by atoms with Crippen molar-refractivity contribution in [3.8, 4) is 0 Å².